The van der Waals surface area contributed by atoms with Crippen molar-refractivity contribution >= 4 is 5.97 Å². The maximum Gasteiger partial charge on any atom is 0.306 e. The summed E-state index contributed by atoms with van der Waals surface area (Å²) >= 11 is 0. The van der Waals surface area contributed by atoms with E-state index in [4.69, 9.17) is 14.6 Å². The second-order valence-corrected chi connectivity index (χ2v) is 2.13. The first-order valence-electron chi connectivity index (χ1n) is 3.13. The smallest absolute Gasteiger partial charge is 0.306 e. The predicted molar refractivity (Wildman–Crippen MR) is 35.9 cm³/mol. The quantitative estimate of drug-likeness (QED) is 0.678. The zero-order valence-corrected chi connectivity index (χ0v) is 5.73. The van der Waals surface area contributed by atoms with E-state index in [0.717, 1.165) is 0 Å². The first-order valence-corrected chi connectivity index (χ1v) is 3.13. The molecule has 0 aliphatic carbocycles. The van der Waals surface area contributed by atoms with E-state index >= 15 is 0 Å². The minimum absolute atomic E-state index is 0.285. The second-order valence-electron chi connectivity index (χ2n) is 2.13. The van der Waals surface area contributed by atoms with Crippen molar-refractivity contribution in [2.45, 2.75) is 12.5 Å². The van der Waals surface area contributed by atoms with Crippen molar-refractivity contribution in [3.63, 3.8) is 0 Å². The highest BCUT2D eigenvalue weighted by Gasteiger charge is 2.13. The van der Waals surface area contributed by atoms with Crippen molar-refractivity contribution in [3.8, 4) is 0 Å². The highest BCUT2D eigenvalue weighted by atomic mass is 16.4. The van der Waals surface area contributed by atoms with Crippen LogP contribution in [0, 0.1) is 0 Å². The molecule has 1 aromatic rings. The average molecular weight is 156 g/mol. The van der Waals surface area contributed by atoms with Crippen LogP contribution in [0.5, 0.6) is 0 Å². The maximum absolute atomic E-state index is 10.1. The molecule has 11 heavy (non-hydrogen) atoms. The van der Waals surface area contributed by atoms with Gasteiger partial charge in [-0.25, -0.2) is 0 Å². The van der Waals surface area contributed by atoms with E-state index in [2.05, 4.69) is 0 Å². The van der Waals surface area contributed by atoms with E-state index in [1.807, 2.05) is 0 Å². The number of aliphatic hydroxyl groups excluding tert-OH is 1. The minimum atomic E-state index is -1.05. The summed E-state index contributed by atoms with van der Waals surface area (Å²) in [7, 11) is 0. The van der Waals surface area contributed by atoms with Crippen LogP contribution in [-0.4, -0.2) is 16.2 Å². The number of hydrogen-bond donors (Lipinski definition) is 2. The molecule has 0 unspecified atom stereocenters. The van der Waals surface area contributed by atoms with Crippen molar-refractivity contribution < 1.29 is 19.4 Å². The number of carbonyl (C=O) groups is 1. The Hall–Kier alpha value is -1.29. The fourth-order valence-corrected chi connectivity index (χ4v) is 0.747. The van der Waals surface area contributed by atoms with Gasteiger partial charge in [0.2, 0.25) is 0 Å². The van der Waals surface area contributed by atoms with Crippen molar-refractivity contribution in [2.24, 2.45) is 0 Å². The molecule has 60 valence electrons. The van der Waals surface area contributed by atoms with E-state index in [1.165, 1.54) is 12.3 Å². The highest BCUT2D eigenvalue weighted by Crippen LogP contribution is 2.15. The molecule has 4 heteroatoms. The van der Waals surface area contributed by atoms with E-state index in [0.29, 0.717) is 0 Å². The van der Waals surface area contributed by atoms with Crippen molar-refractivity contribution in [3.05, 3.63) is 24.2 Å². The molecular formula is C7H8O4. The summed E-state index contributed by atoms with van der Waals surface area (Å²) in [6.07, 6.45) is 0.0241. The lowest BCUT2D eigenvalue weighted by molar-refractivity contribution is -0.139. The molecule has 4 nitrogen and oxygen atoms in total. The molecule has 1 atom stereocenters. The number of aliphatic hydroxyl groups is 1. The third-order valence-corrected chi connectivity index (χ3v) is 1.24. The van der Waals surface area contributed by atoms with Crippen LogP contribution >= 0.6 is 0 Å². The number of rotatable bonds is 3. The Labute approximate surface area is 63.1 Å². The van der Waals surface area contributed by atoms with E-state index in [-0.39, 0.29) is 12.2 Å². The molecule has 0 saturated heterocycles. The fraction of sp³-hybridized carbons (Fsp3) is 0.286. The van der Waals surface area contributed by atoms with E-state index < -0.39 is 12.1 Å². The van der Waals surface area contributed by atoms with Gasteiger partial charge in [0.1, 0.15) is 11.9 Å². The van der Waals surface area contributed by atoms with Crippen LogP contribution in [0.3, 0.4) is 0 Å². The molecule has 0 fully saturated rings. The lowest BCUT2D eigenvalue weighted by Gasteiger charge is -2.01. The third kappa shape index (κ3) is 2.09. The summed E-state index contributed by atoms with van der Waals surface area (Å²) in [6.45, 7) is 0. The SMILES string of the molecule is O=C(O)C[C@@H](O)c1ccco1. The fourth-order valence-electron chi connectivity index (χ4n) is 0.747. The van der Waals surface area contributed by atoms with Crippen LogP contribution in [0.4, 0.5) is 0 Å². The van der Waals surface area contributed by atoms with Gasteiger partial charge in [0.05, 0.1) is 12.7 Å². The maximum atomic E-state index is 10.1. The Morgan fingerprint density at radius 3 is 2.91 bits per heavy atom. The number of furan rings is 1. The van der Waals surface area contributed by atoms with Gasteiger partial charge in [-0.1, -0.05) is 0 Å². The van der Waals surface area contributed by atoms with Gasteiger partial charge in [0, 0.05) is 0 Å². The first kappa shape index (κ1) is 7.81. The summed E-state index contributed by atoms with van der Waals surface area (Å²) in [5, 5.41) is 17.4. The standard InChI is InChI=1S/C7H8O4/c8-5(4-7(9)10)6-2-1-3-11-6/h1-3,5,8H,4H2,(H,9,10)/t5-/m1/s1. The Bertz CT molecular complexity index is 227. The average Bonchev–Trinajstić information content (AvgIpc) is 2.35. The topological polar surface area (TPSA) is 70.7 Å². The van der Waals surface area contributed by atoms with Gasteiger partial charge in [-0.2, -0.15) is 0 Å². The molecule has 1 heterocycles. The first-order chi connectivity index (χ1) is 5.20. The Balaban J connectivity index is 2.56. The lowest BCUT2D eigenvalue weighted by atomic mass is 10.2. The van der Waals surface area contributed by atoms with E-state index in [9.17, 15) is 4.79 Å². The largest absolute Gasteiger partial charge is 0.481 e. The van der Waals surface area contributed by atoms with Gasteiger partial charge >= 0.3 is 5.97 Å². The predicted octanol–water partition coefficient (Wildman–Crippen LogP) is 0.788. The second kappa shape index (κ2) is 3.21. The molecule has 0 saturated carbocycles. The van der Waals surface area contributed by atoms with Crippen LogP contribution in [0.1, 0.15) is 18.3 Å². The molecule has 1 aromatic heterocycles. The van der Waals surface area contributed by atoms with Crippen molar-refractivity contribution in [1.29, 1.82) is 0 Å². The highest BCUT2D eigenvalue weighted by molar-refractivity contribution is 5.67. The summed E-state index contributed by atoms with van der Waals surface area (Å²) < 4.78 is 4.78. The van der Waals surface area contributed by atoms with Gasteiger partial charge in [-0.15, -0.1) is 0 Å². The minimum Gasteiger partial charge on any atom is -0.481 e. The summed E-state index contributed by atoms with van der Waals surface area (Å²) in [6, 6.07) is 3.13. The molecule has 0 aliphatic rings. The van der Waals surface area contributed by atoms with Crippen LogP contribution in [0.25, 0.3) is 0 Å². The van der Waals surface area contributed by atoms with E-state index in [1.54, 1.807) is 6.07 Å². The number of aliphatic carboxylic acids is 1. The molecule has 0 aliphatic heterocycles. The van der Waals surface area contributed by atoms with Crippen LogP contribution in [0.15, 0.2) is 22.8 Å². The summed E-state index contributed by atoms with van der Waals surface area (Å²) in [5.41, 5.74) is 0. The van der Waals surface area contributed by atoms with Crippen molar-refractivity contribution in [1.82, 2.24) is 0 Å². The molecule has 0 spiro atoms. The molecule has 0 bridgehead atoms. The third-order valence-electron chi connectivity index (χ3n) is 1.24. The van der Waals surface area contributed by atoms with Crippen LogP contribution in [-0.2, 0) is 4.79 Å². The van der Waals surface area contributed by atoms with Crippen LogP contribution in [0.2, 0.25) is 0 Å². The van der Waals surface area contributed by atoms with Crippen LogP contribution < -0.4 is 0 Å². The molecule has 0 radical (unpaired) electrons. The van der Waals surface area contributed by atoms with Gasteiger partial charge in [0.15, 0.2) is 0 Å². The zero-order valence-electron chi connectivity index (χ0n) is 5.73. The van der Waals surface area contributed by atoms with Gasteiger partial charge in [0.25, 0.3) is 0 Å². The van der Waals surface area contributed by atoms with Gasteiger partial charge in [-0.05, 0) is 12.1 Å². The number of carboxylic acids is 1. The van der Waals surface area contributed by atoms with Crippen molar-refractivity contribution in [2.75, 3.05) is 0 Å². The molecule has 0 aromatic carbocycles. The number of hydrogen-bond acceptors (Lipinski definition) is 3. The molecule has 1 rings (SSSR count). The monoisotopic (exact) mass is 156 g/mol. The van der Waals surface area contributed by atoms with Gasteiger partial charge in [-0.3, -0.25) is 4.79 Å². The summed E-state index contributed by atoms with van der Waals surface area (Å²) in [5.74, 6) is -0.763. The normalized spacial score (nSPS) is 12.8. The Kier molecular flexibility index (Phi) is 2.28. The zero-order chi connectivity index (χ0) is 8.27. The lowest BCUT2D eigenvalue weighted by Crippen LogP contribution is -2.04. The molecular weight excluding hydrogens is 148 g/mol. The summed E-state index contributed by atoms with van der Waals surface area (Å²) in [4.78, 5) is 10.1. The molecule has 2 N–H and O–H groups in total. The molecule has 0 amide bonds. The number of carboxylic acid groups (broad SMARTS) is 1. The Morgan fingerprint density at radius 2 is 2.45 bits per heavy atom. The Morgan fingerprint density at radius 1 is 1.73 bits per heavy atom. The van der Waals surface area contributed by atoms with Gasteiger partial charge < -0.3 is 14.6 Å².